The van der Waals surface area contributed by atoms with E-state index < -0.39 is 5.60 Å². The van der Waals surface area contributed by atoms with Crippen LogP contribution in [-0.4, -0.2) is 54.6 Å². The summed E-state index contributed by atoms with van der Waals surface area (Å²) < 4.78 is 0. The highest BCUT2D eigenvalue weighted by Gasteiger charge is 2.23. The molecule has 3 N–H and O–H groups in total. The molecule has 0 radical (unpaired) electrons. The van der Waals surface area contributed by atoms with Crippen LogP contribution in [0.3, 0.4) is 0 Å². The van der Waals surface area contributed by atoms with Gasteiger partial charge in [-0.25, -0.2) is 0 Å². The van der Waals surface area contributed by atoms with E-state index in [0.717, 1.165) is 5.56 Å². The lowest BCUT2D eigenvalue weighted by Crippen LogP contribution is -2.47. The maximum absolute atomic E-state index is 12.1. The average Bonchev–Trinajstić information content (AvgIpc) is 2.73. The molecule has 1 aromatic carbocycles. The number of carbonyl (C=O) groups excluding carboxylic acids is 2. The number of aliphatic hydroxyl groups is 1. The summed E-state index contributed by atoms with van der Waals surface area (Å²) in [6, 6.07) is 5.13. The molecule has 6 heteroatoms. The maximum Gasteiger partial charge on any atom is 0.251 e. The Bertz CT molecular complexity index is 567. The van der Waals surface area contributed by atoms with Crippen molar-refractivity contribution >= 4 is 17.5 Å². The van der Waals surface area contributed by atoms with Crippen molar-refractivity contribution in [3.8, 4) is 0 Å². The number of rotatable bonds is 5. The molecule has 114 valence electrons. The van der Waals surface area contributed by atoms with Crippen molar-refractivity contribution in [2.24, 2.45) is 0 Å². The van der Waals surface area contributed by atoms with Crippen LogP contribution in [0.5, 0.6) is 0 Å². The molecule has 1 unspecified atom stereocenters. The quantitative estimate of drug-likeness (QED) is 0.725. The Balaban J connectivity index is 1.98. The molecule has 1 atom stereocenters. The molecule has 1 aliphatic heterocycles. The zero-order chi connectivity index (χ0) is 15.6. The van der Waals surface area contributed by atoms with E-state index in [1.807, 2.05) is 19.0 Å². The van der Waals surface area contributed by atoms with Crippen molar-refractivity contribution in [3.05, 3.63) is 29.3 Å². The zero-order valence-corrected chi connectivity index (χ0v) is 12.6. The second-order valence-electron chi connectivity index (χ2n) is 6.01. The minimum atomic E-state index is -0.996. The Labute approximate surface area is 124 Å². The number of fused-ring (bicyclic) bond motifs is 1. The molecule has 1 aliphatic rings. The van der Waals surface area contributed by atoms with Crippen LogP contribution in [0.2, 0.25) is 0 Å². The minimum absolute atomic E-state index is 0.0588. The molecule has 0 fully saturated rings. The second-order valence-corrected chi connectivity index (χ2v) is 6.01. The largest absolute Gasteiger partial charge is 0.387 e. The molecule has 0 aliphatic carbocycles. The summed E-state index contributed by atoms with van der Waals surface area (Å²) in [4.78, 5) is 25.3. The first-order chi connectivity index (χ1) is 9.77. The van der Waals surface area contributed by atoms with Gasteiger partial charge >= 0.3 is 0 Å². The summed E-state index contributed by atoms with van der Waals surface area (Å²) >= 11 is 0. The maximum atomic E-state index is 12.1. The molecule has 0 saturated heterocycles. The standard InChI is InChI=1S/C15H21N3O3/c1-15(21,9-18(2)3)8-16-14(20)11-5-4-10-7-13(19)17-12(10)6-11/h4-6,21H,7-9H2,1-3H3,(H,16,20)(H,17,19). The van der Waals surface area contributed by atoms with Crippen LogP contribution >= 0.6 is 0 Å². The fourth-order valence-corrected chi connectivity index (χ4v) is 2.47. The van der Waals surface area contributed by atoms with Crippen LogP contribution in [0.25, 0.3) is 0 Å². The van der Waals surface area contributed by atoms with E-state index in [1.165, 1.54) is 0 Å². The summed E-state index contributed by atoms with van der Waals surface area (Å²) in [5.74, 6) is -0.325. The van der Waals surface area contributed by atoms with Gasteiger partial charge in [0.2, 0.25) is 5.91 Å². The van der Waals surface area contributed by atoms with Gasteiger partial charge in [-0.05, 0) is 38.7 Å². The molecular formula is C15H21N3O3. The van der Waals surface area contributed by atoms with Crippen molar-refractivity contribution < 1.29 is 14.7 Å². The van der Waals surface area contributed by atoms with Gasteiger partial charge in [0.25, 0.3) is 5.91 Å². The van der Waals surface area contributed by atoms with Crippen molar-refractivity contribution in [2.45, 2.75) is 18.9 Å². The highest BCUT2D eigenvalue weighted by molar-refractivity contribution is 6.02. The van der Waals surface area contributed by atoms with Gasteiger partial charge in [-0.2, -0.15) is 0 Å². The van der Waals surface area contributed by atoms with Gasteiger partial charge in [0, 0.05) is 24.3 Å². The van der Waals surface area contributed by atoms with Gasteiger partial charge in [0.15, 0.2) is 0 Å². The molecule has 0 bridgehead atoms. The molecule has 6 nitrogen and oxygen atoms in total. The third-order valence-electron chi connectivity index (χ3n) is 3.28. The van der Waals surface area contributed by atoms with E-state index in [9.17, 15) is 14.7 Å². The van der Waals surface area contributed by atoms with E-state index >= 15 is 0 Å². The predicted molar refractivity (Wildman–Crippen MR) is 80.3 cm³/mol. The highest BCUT2D eigenvalue weighted by Crippen LogP contribution is 2.23. The normalized spacial score (nSPS) is 16.3. The van der Waals surface area contributed by atoms with E-state index in [4.69, 9.17) is 0 Å². The van der Waals surface area contributed by atoms with Gasteiger partial charge in [-0.15, -0.1) is 0 Å². The summed E-state index contributed by atoms with van der Waals surface area (Å²) in [7, 11) is 3.72. The first kappa shape index (κ1) is 15.5. The number of anilines is 1. The topological polar surface area (TPSA) is 81.7 Å². The molecule has 0 spiro atoms. The van der Waals surface area contributed by atoms with Gasteiger partial charge in [0.05, 0.1) is 12.0 Å². The Kier molecular flexibility index (Phi) is 4.29. The van der Waals surface area contributed by atoms with E-state index in [2.05, 4.69) is 10.6 Å². The molecule has 1 aromatic rings. The summed E-state index contributed by atoms with van der Waals surface area (Å²) in [5, 5.41) is 15.6. The highest BCUT2D eigenvalue weighted by atomic mass is 16.3. The number of amides is 2. The smallest absolute Gasteiger partial charge is 0.251 e. The Morgan fingerprint density at radius 2 is 2.19 bits per heavy atom. The molecule has 1 heterocycles. The molecule has 0 saturated carbocycles. The van der Waals surface area contributed by atoms with Crippen LogP contribution in [0, 0.1) is 0 Å². The zero-order valence-electron chi connectivity index (χ0n) is 12.6. The third-order valence-corrected chi connectivity index (χ3v) is 3.28. The fraction of sp³-hybridized carbons (Fsp3) is 0.467. The van der Waals surface area contributed by atoms with Crippen molar-refractivity contribution in [1.29, 1.82) is 0 Å². The lowest BCUT2D eigenvalue weighted by atomic mass is 10.1. The van der Waals surface area contributed by atoms with Crippen LogP contribution < -0.4 is 10.6 Å². The average molecular weight is 291 g/mol. The monoisotopic (exact) mass is 291 g/mol. The second kappa shape index (κ2) is 5.83. The lowest BCUT2D eigenvalue weighted by Gasteiger charge is -2.27. The Morgan fingerprint density at radius 1 is 1.48 bits per heavy atom. The van der Waals surface area contributed by atoms with E-state index in [-0.39, 0.29) is 18.4 Å². The number of carbonyl (C=O) groups is 2. The number of nitrogens with zero attached hydrogens (tertiary/aromatic N) is 1. The lowest BCUT2D eigenvalue weighted by molar-refractivity contribution is -0.115. The number of nitrogens with one attached hydrogen (secondary N) is 2. The van der Waals surface area contributed by atoms with E-state index in [0.29, 0.717) is 24.2 Å². The van der Waals surface area contributed by atoms with Crippen molar-refractivity contribution in [2.75, 3.05) is 32.5 Å². The minimum Gasteiger partial charge on any atom is -0.387 e. The molecule has 2 rings (SSSR count). The first-order valence-electron chi connectivity index (χ1n) is 6.85. The van der Waals surface area contributed by atoms with Gasteiger partial charge < -0.3 is 20.6 Å². The molecular weight excluding hydrogens is 270 g/mol. The fourth-order valence-electron chi connectivity index (χ4n) is 2.47. The van der Waals surface area contributed by atoms with E-state index in [1.54, 1.807) is 25.1 Å². The molecule has 2 amide bonds. The van der Waals surface area contributed by atoms with Crippen molar-refractivity contribution in [3.63, 3.8) is 0 Å². The van der Waals surface area contributed by atoms with Crippen LogP contribution in [0.1, 0.15) is 22.8 Å². The molecule has 0 aromatic heterocycles. The number of hydrogen-bond acceptors (Lipinski definition) is 4. The SMILES string of the molecule is CN(C)CC(C)(O)CNC(=O)c1ccc2c(c1)NC(=O)C2. The number of hydrogen-bond donors (Lipinski definition) is 3. The van der Waals surface area contributed by atoms with Crippen molar-refractivity contribution in [1.82, 2.24) is 10.2 Å². The summed E-state index contributed by atoms with van der Waals surface area (Å²) in [5.41, 5.74) is 1.06. The summed E-state index contributed by atoms with van der Waals surface area (Å²) in [6.45, 7) is 2.29. The number of benzene rings is 1. The predicted octanol–water partition coefficient (Wildman–Crippen LogP) is 0.224. The van der Waals surface area contributed by atoms with Crippen LogP contribution in [0.4, 0.5) is 5.69 Å². The van der Waals surface area contributed by atoms with Crippen LogP contribution in [-0.2, 0) is 11.2 Å². The van der Waals surface area contributed by atoms with Gasteiger partial charge in [-0.3, -0.25) is 9.59 Å². The number of likely N-dealkylation sites (N-methyl/N-ethyl adjacent to an activating group) is 1. The molecule has 21 heavy (non-hydrogen) atoms. The van der Waals surface area contributed by atoms with Crippen LogP contribution in [0.15, 0.2) is 18.2 Å². The Hall–Kier alpha value is -1.92. The third kappa shape index (κ3) is 4.03. The summed E-state index contributed by atoms with van der Waals surface area (Å²) in [6.07, 6.45) is 0.356. The van der Waals surface area contributed by atoms with Gasteiger partial charge in [-0.1, -0.05) is 6.07 Å². The first-order valence-corrected chi connectivity index (χ1v) is 6.85. The Morgan fingerprint density at radius 3 is 2.86 bits per heavy atom. The van der Waals surface area contributed by atoms with Gasteiger partial charge in [0.1, 0.15) is 0 Å².